The van der Waals surface area contributed by atoms with Crippen molar-refractivity contribution in [1.82, 2.24) is 5.32 Å². The highest BCUT2D eigenvalue weighted by atomic mass is 16.4. The number of aliphatic carboxylic acids is 2. The number of nitrogens with one attached hydrogen (secondary N) is 1. The molecule has 0 heterocycles. The first kappa shape index (κ1) is 12.1. The van der Waals surface area contributed by atoms with Crippen LogP contribution in [-0.2, 0) is 14.4 Å². The van der Waals surface area contributed by atoms with Crippen molar-refractivity contribution in [2.24, 2.45) is 0 Å². The van der Waals surface area contributed by atoms with E-state index in [0.717, 1.165) is 0 Å². The monoisotopic (exact) mass is 163 g/mol. The molecule has 64 valence electrons. The zero-order valence-corrected chi connectivity index (χ0v) is 4.83. The summed E-state index contributed by atoms with van der Waals surface area (Å²) in [7, 11) is 0. The summed E-state index contributed by atoms with van der Waals surface area (Å²) in [6.45, 7) is -0.675. The first-order valence-electron chi connectivity index (χ1n) is 2.27. The quantitative estimate of drug-likeness (QED) is 0.448. The van der Waals surface area contributed by atoms with E-state index in [9.17, 15) is 14.4 Å². The van der Waals surface area contributed by atoms with Gasteiger partial charge in [-0.05, 0) is 0 Å². The molecule has 11 heavy (non-hydrogen) atoms. The van der Waals surface area contributed by atoms with Crippen LogP contribution in [0.4, 0.5) is 0 Å². The lowest BCUT2D eigenvalue weighted by molar-refractivity contribution is -0.150. The number of hydrogen-bond donors (Lipinski definition) is 3. The highest BCUT2D eigenvalue weighted by Gasteiger charge is 2.10. The van der Waals surface area contributed by atoms with Crippen molar-refractivity contribution >= 4 is 17.8 Å². The molecule has 0 atom stereocenters. The Balaban J connectivity index is 0. The lowest BCUT2D eigenvalue weighted by atomic mass is 10.5. The van der Waals surface area contributed by atoms with Gasteiger partial charge >= 0.3 is 17.8 Å². The van der Waals surface area contributed by atoms with Crippen LogP contribution in [0.5, 0.6) is 0 Å². The van der Waals surface area contributed by atoms with Gasteiger partial charge in [0.1, 0.15) is 6.54 Å². The van der Waals surface area contributed by atoms with Gasteiger partial charge in [-0.1, -0.05) is 7.43 Å². The lowest BCUT2D eigenvalue weighted by Crippen LogP contribution is -2.34. The van der Waals surface area contributed by atoms with Gasteiger partial charge in [-0.15, -0.1) is 0 Å². The third kappa shape index (κ3) is 6.29. The lowest BCUT2D eigenvalue weighted by Gasteiger charge is -1.94. The van der Waals surface area contributed by atoms with E-state index in [1.165, 1.54) is 0 Å². The second-order valence-electron chi connectivity index (χ2n) is 1.38. The molecule has 0 aliphatic rings. The zero-order valence-electron chi connectivity index (χ0n) is 4.83. The van der Waals surface area contributed by atoms with E-state index in [-0.39, 0.29) is 7.43 Å². The number of carbonyl (C=O) groups is 3. The second kappa shape index (κ2) is 5.21. The molecule has 0 unspecified atom stereocenters. The maximum atomic E-state index is 10.1. The van der Waals surface area contributed by atoms with E-state index < -0.39 is 24.4 Å². The molecule has 0 aliphatic carbocycles. The molecule has 0 aromatic heterocycles. The van der Waals surface area contributed by atoms with Crippen LogP contribution in [0.2, 0.25) is 0 Å². The van der Waals surface area contributed by atoms with Crippen LogP contribution >= 0.6 is 0 Å². The van der Waals surface area contributed by atoms with Crippen LogP contribution in [0.15, 0.2) is 0 Å². The van der Waals surface area contributed by atoms with Crippen molar-refractivity contribution in [2.75, 3.05) is 6.54 Å². The minimum absolute atomic E-state index is 0. The minimum atomic E-state index is -1.69. The fourth-order valence-electron chi connectivity index (χ4n) is 0.232. The summed E-state index contributed by atoms with van der Waals surface area (Å²) in [5, 5.41) is 17.5. The van der Waals surface area contributed by atoms with Gasteiger partial charge in [0.15, 0.2) is 0 Å². The van der Waals surface area contributed by atoms with Crippen molar-refractivity contribution in [2.45, 2.75) is 7.43 Å². The van der Waals surface area contributed by atoms with Gasteiger partial charge in [0.05, 0.1) is 0 Å². The van der Waals surface area contributed by atoms with E-state index in [1.54, 1.807) is 5.32 Å². The first-order chi connectivity index (χ1) is 4.54. The maximum absolute atomic E-state index is 10.1. The Kier molecular flexibility index (Phi) is 5.75. The number of amides is 1. The van der Waals surface area contributed by atoms with Crippen molar-refractivity contribution in [1.29, 1.82) is 0 Å². The summed E-state index contributed by atoms with van der Waals surface area (Å²) in [6, 6.07) is 0. The molecule has 0 fully saturated rings. The molecule has 6 heteroatoms. The van der Waals surface area contributed by atoms with E-state index in [0.29, 0.717) is 0 Å². The van der Waals surface area contributed by atoms with Gasteiger partial charge in [0.25, 0.3) is 0 Å². The van der Waals surface area contributed by atoms with Gasteiger partial charge in [0.2, 0.25) is 0 Å². The van der Waals surface area contributed by atoms with Crippen molar-refractivity contribution in [3.05, 3.63) is 0 Å². The number of rotatable bonds is 2. The zero-order chi connectivity index (χ0) is 8.15. The van der Waals surface area contributed by atoms with Crippen LogP contribution in [0.3, 0.4) is 0 Å². The number of carboxylic acids is 2. The first-order valence-corrected chi connectivity index (χ1v) is 2.27. The second-order valence-corrected chi connectivity index (χ2v) is 1.38. The molecule has 1 amide bonds. The smallest absolute Gasteiger partial charge is 0.394 e. The molecule has 6 nitrogen and oxygen atoms in total. The molecular formula is C5H9NO5. The highest BCUT2D eigenvalue weighted by Crippen LogP contribution is 1.65. The number of hydrogen-bond acceptors (Lipinski definition) is 3. The molecule has 0 spiro atoms. The maximum Gasteiger partial charge on any atom is 0.394 e. The van der Waals surface area contributed by atoms with Gasteiger partial charge < -0.3 is 15.5 Å². The van der Waals surface area contributed by atoms with E-state index in [1.807, 2.05) is 0 Å². The van der Waals surface area contributed by atoms with E-state index in [4.69, 9.17) is 10.2 Å². The predicted octanol–water partition coefficient (Wildman–Crippen LogP) is -1.09. The van der Waals surface area contributed by atoms with Gasteiger partial charge in [-0.3, -0.25) is 9.59 Å². The van der Waals surface area contributed by atoms with Gasteiger partial charge in [0, 0.05) is 0 Å². The Morgan fingerprint density at radius 1 is 1.18 bits per heavy atom. The molecule has 0 rings (SSSR count). The number of carboxylic acid groups (broad SMARTS) is 2. The summed E-state index contributed by atoms with van der Waals surface area (Å²) in [6.07, 6.45) is 0. The Hall–Kier alpha value is -1.59. The summed E-state index contributed by atoms with van der Waals surface area (Å²) < 4.78 is 0. The fourth-order valence-corrected chi connectivity index (χ4v) is 0.232. The Bertz CT molecular complexity index is 176. The fraction of sp³-hybridized carbons (Fsp3) is 0.400. The summed E-state index contributed by atoms with van der Waals surface area (Å²) in [4.78, 5) is 29.5. The standard InChI is InChI=1S/C4H5NO5.CH4/c6-2(7)1-5-3(8)4(9)10;/h1H2,(H,5,8)(H,6,7)(H,9,10);1H4. The molecule has 3 N–H and O–H groups in total. The molecule has 0 bridgehead atoms. The third-order valence-electron chi connectivity index (χ3n) is 0.594. The van der Waals surface area contributed by atoms with E-state index >= 15 is 0 Å². The summed E-state index contributed by atoms with van der Waals surface area (Å²) in [5.74, 6) is -4.29. The predicted molar refractivity (Wildman–Crippen MR) is 35.0 cm³/mol. The molecular weight excluding hydrogens is 154 g/mol. The Morgan fingerprint density at radius 2 is 1.64 bits per heavy atom. The van der Waals surface area contributed by atoms with Gasteiger partial charge in [-0.2, -0.15) is 0 Å². The van der Waals surface area contributed by atoms with Crippen LogP contribution < -0.4 is 5.32 Å². The molecule has 0 saturated carbocycles. The Morgan fingerprint density at radius 3 is 1.91 bits per heavy atom. The number of carbonyl (C=O) groups excluding carboxylic acids is 1. The average molecular weight is 163 g/mol. The Labute approximate surface area is 62.8 Å². The van der Waals surface area contributed by atoms with E-state index in [2.05, 4.69) is 0 Å². The average Bonchev–Trinajstić information content (AvgIpc) is 1.82. The van der Waals surface area contributed by atoms with Crippen LogP contribution in [0.1, 0.15) is 7.43 Å². The minimum Gasteiger partial charge on any atom is -0.480 e. The SMILES string of the molecule is C.O=C(O)CNC(=O)C(=O)O. The van der Waals surface area contributed by atoms with Crippen molar-refractivity contribution in [3.63, 3.8) is 0 Å². The molecule has 0 aromatic carbocycles. The van der Waals surface area contributed by atoms with Crippen LogP contribution in [-0.4, -0.2) is 34.6 Å². The van der Waals surface area contributed by atoms with Crippen molar-refractivity contribution in [3.8, 4) is 0 Å². The highest BCUT2D eigenvalue weighted by molar-refractivity contribution is 6.31. The molecule has 0 aromatic rings. The van der Waals surface area contributed by atoms with Crippen LogP contribution in [0, 0.1) is 0 Å². The summed E-state index contributed by atoms with van der Waals surface area (Å²) in [5.41, 5.74) is 0. The third-order valence-corrected chi connectivity index (χ3v) is 0.594. The van der Waals surface area contributed by atoms with Crippen molar-refractivity contribution < 1.29 is 24.6 Å². The van der Waals surface area contributed by atoms with Crippen LogP contribution in [0.25, 0.3) is 0 Å². The largest absolute Gasteiger partial charge is 0.480 e. The normalized spacial score (nSPS) is 7.64. The summed E-state index contributed by atoms with van der Waals surface area (Å²) >= 11 is 0. The molecule has 0 radical (unpaired) electrons. The van der Waals surface area contributed by atoms with Gasteiger partial charge in [-0.25, -0.2) is 4.79 Å². The molecule has 0 saturated heterocycles. The topological polar surface area (TPSA) is 104 Å². The molecule has 0 aliphatic heterocycles.